The van der Waals surface area contributed by atoms with Gasteiger partial charge in [0.25, 0.3) is 11.8 Å². The van der Waals surface area contributed by atoms with Gasteiger partial charge in [-0.2, -0.15) is 5.10 Å². The Kier molecular flexibility index (Phi) is 6.12. The summed E-state index contributed by atoms with van der Waals surface area (Å²) in [5.41, 5.74) is 5.17. The number of nitrogens with one attached hydrogen (secondary N) is 2. The van der Waals surface area contributed by atoms with E-state index >= 15 is 0 Å². The maximum Gasteiger partial charge on any atom is 0.255 e. The molecular formula is C26H24N4O2. The molecule has 0 spiro atoms. The van der Waals surface area contributed by atoms with Crippen LogP contribution in [0.5, 0.6) is 0 Å². The van der Waals surface area contributed by atoms with Gasteiger partial charge in [-0.05, 0) is 50.2 Å². The van der Waals surface area contributed by atoms with Gasteiger partial charge in [-0.1, -0.05) is 48.5 Å². The van der Waals surface area contributed by atoms with Gasteiger partial charge in [-0.15, -0.1) is 0 Å². The van der Waals surface area contributed by atoms with Crippen LogP contribution in [-0.4, -0.2) is 21.6 Å². The van der Waals surface area contributed by atoms with E-state index in [9.17, 15) is 9.59 Å². The number of nitrogens with zero attached hydrogens (tertiary/aromatic N) is 2. The van der Waals surface area contributed by atoms with Crippen molar-refractivity contribution in [3.05, 3.63) is 113 Å². The highest BCUT2D eigenvalue weighted by Gasteiger charge is 2.17. The fourth-order valence-corrected chi connectivity index (χ4v) is 3.59. The van der Waals surface area contributed by atoms with Crippen LogP contribution in [0.25, 0.3) is 5.69 Å². The highest BCUT2D eigenvalue weighted by atomic mass is 16.2. The number of carbonyl (C=O) groups excluding carboxylic acids is 2. The Hall–Kier alpha value is -4.19. The first-order chi connectivity index (χ1) is 15.5. The van der Waals surface area contributed by atoms with E-state index < -0.39 is 0 Å². The Morgan fingerprint density at radius 2 is 1.44 bits per heavy atom. The number of para-hydroxylation sites is 2. The van der Waals surface area contributed by atoms with E-state index in [-0.39, 0.29) is 11.8 Å². The van der Waals surface area contributed by atoms with Crippen LogP contribution in [0.15, 0.2) is 84.9 Å². The summed E-state index contributed by atoms with van der Waals surface area (Å²) in [4.78, 5) is 25.5. The van der Waals surface area contributed by atoms with Crippen molar-refractivity contribution in [2.45, 2.75) is 20.4 Å². The van der Waals surface area contributed by atoms with E-state index in [0.717, 1.165) is 22.6 Å². The van der Waals surface area contributed by atoms with Crippen LogP contribution in [0, 0.1) is 13.8 Å². The highest BCUT2D eigenvalue weighted by Crippen LogP contribution is 2.19. The number of aromatic nitrogens is 2. The summed E-state index contributed by atoms with van der Waals surface area (Å²) in [6.07, 6.45) is 0. The predicted octanol–water partition coefficient (Wildman–Crippen LogP) is 4.67. The predicted molar refractivity (Wildman–Crippen MR) is 125 cm³/mol. The van der Waals surface area contributed by atoms with Gasteiger partial charge in [0.05, 0.1) is 22.6 Å². The SMILES string of the molecule is Cc1nn(-c2ccccc2)c(C)c1CNC(=O)c1ccccc1NC(=O)c1ccccc1. The molecule has 0 aliphatic carbocycles. The standard InChI is InChI=1S/C26H24N4O2/c1-18-23(19(2)30(29-18)21-13-7-4-8-14-21)17-27-26(32)22-15-9-10-16-24(22)28-25(31)20-11-5-3-6-12-20/h3-16H,17H2,1-2H3,(H,27,32)(H,28,31). The summed E-state index contributed by atoms with van der Waals surface area (Å²) in [7, 11) is 0. The zero-order valence-electron chi connectivity index (χ0n) is 18.0. The third-order valence-corrected chi connectivity index (χ3v) is 5.32. The summed E-state index contributed by atoms with van der Waals surface area (Å²) in [6.45, 7) is 4.26. The molecule has 0 radical (unpaired) electrons. The highest BCUT2D eigenvalue weighted by molar-refractivity contribution is 6.08. The maximum absolute atomic E-state index is 13.0. The molecule has 0 saturated carbocycles. The minimum atomic E-state index is -0.264. The molecule has 4 aromatic rings. The molecule has 0 fully saturated rings. The van der Waals surface area contributed by atoms with Gasteiger partial charge in [-0.25, -0.2) is 4.68 Å². The summed E-state index contributed by atoms with van der Waals surface area (Å²) in [6, 6.07) is 25.8. The summed E-state index contributed by atoms with van der Waals surface area (Å²) >= 11 is 0. The number of hydrogen-bond donors (Lipinski definition) is 2. The van der Waals surface area contributed by atoms with Crippen molar-refractivity contribution < 1.29 is 9.59 Å². The molecule has 32 heavy (non-hydrogen) atoms. The van der Waals surface area contributed by atoms with Crippen molar-refractivity contribution in [3.8, 4) is 5.69 Å². The van der Waals surface area contributed by atoms with Gasteiger partial charge in [0.15, 0.2) is 0 Å². The topological polar surface area (TPSA) is 76.0 Å². The number of rotatable bonds is 6. The molecule has 0 aliphatic rings. The van der Waals surface area contributed by atoms with Crippen molar-refractivity contribution in [2.24, 2.45) is 0 Å². The first-order valence-corrected chi connectivity index (χ1v) is 10.4. The van der Waals surface area contributed by atoms with Gasteiger partial charge >= 0.3 is 0 Å². The smallest absolute Gasteiger partial charge is 0.255 e. The Bertz CT molecular complexity index is 1250. The first kappa shape index (κ1) is 21.1. The van der Waals surface area contributed by atoms with Crippen molar-refractivity contribution in [3.63, 3.8) is 0 Å². The zero-order valence-corrected chi connectivity index (χ0v) is 18.0. The Labute approximate surface area is 186 Å². The molecule has 0 atom stereocenters. The lowest BCUT2D eigenvalue weighted by Gasteiger charge is -2.12. The summed E-state index contributed by atoms with van der Waals surface area (Å²) in [5, 5.41) is 10.4. The lowest BCUT2D eigenvalue weighted by atomic mass is 10.1. The zero-order chi connectivity index (χ0) is 22.5. The van der Waals surface area contributed by atoms with Gasteiger partial charge in [-0.3, -0.25) is 9.59 Å². The maximum atomic E-state index is 13.0. The molecule has 0 bridgehead atoms. The Morgan fingerprint density at radius 3 is 2.16 bits per heavy atom. The van der Waals surface area contributed by atoms with Crippen LogP contribution in [0.2, 0.25) is 0 Å². The van der Waals surface area contributed by atoms with Gasteiger partial charge in [0.2, 0.25) is 0 Å². The molecule has 3 aromatic carbocycles. The molecule has 6 heteroatoms. The van der Waals surface area contributed by atoms with Crippen LogP contribution < -0.4 is 10.6 Å². The van der Waals surface area contributed by atoms with E-state index in [4.69, 9.17) is 0 Å². The summed E-state index contributed by atoms with van der Waals surface area (Å²) in [5.74, 6) is -0.526. The lowest BCUT2D eigenvalue weighted by molar-refractivity contribution is 0.0951. The molecule has 4 rings (SSSR count). The molecule has 0 unspecified atom stereocenters. The second-order valence-corrected chi connectivity index (χ2v) is 7.45. The van der Waals surface area contributed by atoms with Gasteiger partial charge in [0.1, 0.15) is 0 Å². The van der Waals surface area contributed by atoms with Crippen molar-refractivity contribution in [1.82, 2.24) is 15.1 Å². The normalized spacial score (nSPS) is 10.6. The number of aryl methyl sites for hydroxylation is 1. The van der Waals surface area contributed by atoms with Crippen molar-refractivity contribution >= 4 is 17.5 Å². The number of benzene rings is 3. The summed E-state index contributed by atoms with van der Waals surface area (Å²) < 4.78 is 1.88. The Morgan fingerprint density at radius 1 is 0.812 bits per heavy atom. The molecule has 6 nitrogen and oxygen atoms in total. The molecule has 160 valence electrons. The van der Waals surface area contributed by atoms with Crippen LogP contribution in [0.4, 0.5) is 5.69 Å². The quantitative estimate of drug-likeness (QED) is 0.472. The Balaban J connectivity index is 1.50. The minimum Gasteiger partial charge on any atom is -0.348 e. The number of anilines is 1. The average molecular weight is 425 g/mol. The first-order valence-electron chi connectivity index (χ1n) is 10.4. The molecule has 0 saturated heterocycles. The lowest BCUT2D eigenvalue weighted by Crippen LogP contribution is -2.25. The molecule has 2 N–H and O–H groups in total. The van der Waals surface area contributed by atoms with E-state index in [1.54, 1.807) is 48.5 Å². The van der Waals surface area contributed by atoms with E-state index in [2.05, 4.69) is 15.7 Å². The number of amides is 2. The molecule has 2 amide bonds. The van der Waals surface area contributed by atoms with Gasteiger partial charge < -0.3 is 10.6 Å². The fourth-order valence-electron chi connectivity index (χ4n) is 3.59. The average Bonchev–Trinajstić information content (AvgIpc) is 3.12. The minimum absolute atomic E-state index is 0.262. The van der Waals surface area contributed by atoms with Crippen LogP contribution >= 0.6 is 0 Å². The van der Waals surface area contributed by atoms with Crippen LogP contribution in [-0.2, 0) is 6.54 Å². The second-order valence-electron chi connectivity index (χ2n) is 7.45. The van der Waals surface area contributed by atoms with Crippen molar-refractivity contribution in [2.75, 3.05) is 5.32 Å². The monoisotopic (exact) mass is 424 g/mol. The fraction of sp³-hybridized carbons (Fsp3) is 0.115. The third kappa shape index (κ3) is 4.44. The molecule has 1 heterocycles. The van der Waals surface area contributed by atoms with Crippen LogP contribution in [0.1, 0.15) is 37.7 Å². The van der Waals surface area contributed by atoms with E-state index in [1.807, 2.05) is 54.9 Å². The van der Waals surface area contributed by atoms with E-state index in [0.29, 0.717) is 23.4 Å². The molecule has 0 aliphatic heterocycles. The second kappa shape index (κ2) is 9.31. The van der Waals surface area contributed by atoms with E-state index in [1.165, 1.54) is 0 Å². The van der Waals surface area contributed by atoms with Crippen LogP contribution in [0.3, 0.4) is 0 Å². The van der Waals surface area contributed by atoms with Crippen molar-refractivity contribution in [1.29, 1.82) is 0 Å². The number of carbonyl (C=O) groups is 2. The molecular weight excluding hydrogens is 400 g/mol. The van der Waals surface area contributed by atoms with Gasteiger partial charge in [0, 0.05) is 23.4 Å². The third-order valence-electron chi connectivity index (χ3n) is 5.32. The largest absolute Gasteiger partial charge is 0.348 e. The molecule has 1 aromatic heterocycles. The number of hydrogen-bond acceptors (Lipinski definition) is 3.